The van der Waals surface area contributed by atoms with E-state index in [2.05, 4.69) is 4.90 Å². The summed E-state index contributed by atoms with van der Waals surface area (Å²) in [7, 11) is 1.85. The zero-order valence-corrected chi connectivity index (χ0v) is 14.8. The van der Waals surface area contributed by atoms with Crippen molar-refractivity contribution in [1.29, 1.82) is 0 Å². The summed E-state index contributed by atoms with van der Waals surface area (Å²) in [5.74, 6) is 0.177. The van der Waals surface area contributed by atoms with Gasteiger partial charge >= 0.3 is 0 Å². The Kier molecular flexibility index (Phi) is 6.90. The number of phenols is 1. The quantitative estimate of drug-likeness (QED) is 0.812. The molecule has 1 spiro atoms. The van der Waals surface area contributed by atoms with Crippen molar-refractivity contribution in [3.63, 3.8) is 0 Å². The minimum atomic E-state index is -0.250. The van der Waals surface area contributed by atoms with Crippen molar-refractivity contribution in [2.45, 2.75) is 44.8 Å². The molecule has 2 N–H and O–H groups in total. The average Bonchev–Trinajstić information content (AvgIpc) is 2.94. The molecule has 24 heavy (non-hydrogen) atoms. The van der Waals surface area contributed by atoms with E-state index in [1.807, 2.05) is 19.2 Å². The fraction of sp³-hybridized carbons (Fsp3) is 0.611. The summed E-state index contributed by atoms with van der Waals surface area (Å²) in [6.07, 6.45) is 6.64. The van der Waals surface area contributed by atoms with E-state index < -0.39 is 0 Å². The third kappa shape index (κ3) is 4.21. The number of likely N-dealkylation sites (tertiary alicyclic amines) is 1. The first-order valence-corrected chi connectivity index (χ1v) is 8.73. The van der Waals surface area contributed by atoms with Gasteiger partial charge in [-0.1, -0.05) is 30.2 Å². The van der Waals surface area contributed by atoms with Crippen LogP contribution in [-0.2, 0) is 16.1 Å². The Balaban J connectivity index is 0.000000647. The summed E-state index contributed by atoms with van der Waals surface area (Å²) in [5.41, 5.74) is 1.34. The third-order valence-electron chi connectivity index (χ3n) is 5.25. The molecule has 6 heteroatoms. The van der Waals surface area contributed by atoms with Gasteiger partial charge in [0.2, 0.25) is 0 Å². The lowest BCUT2D eigenvalue weighted by Gasteiger charge is -2.43. The van der Waals surface area contributed by atoms with Crippen molar-refractivity contribution in [2.75, 3.05) is 20.2 Å². The Morgan fingerprint density at radius 3 is 2.83 bits per heavy atom. The molecule has 1 aliphatic carbocycles. The van der Waals surface area contributed by atoms with Gasteiger partial charge in [0.25, 0.3) is 6.47 Å². The fourth-order valence-electron chi connectivity index (χ4n) is 4.26. The van der Waals surface area contributed by atoms with E-state index in [1.165, 1.54) is 32.1 Å². The molecule has 2 fully saturated rings. The molecular formula is C18H26ClNO4. The summed E-state index contributed by atoms with van der Waals surface area (Å²) in [5, 5.41) is 17.1. The SMILES string of the molecule is CO[C@@H]1CCC[C@@]12CCCN(Cc1cccc(O)c1Cl)C2.O=CO. The number of methoxy groups -OCH3 is 1. The van der Waals surface area contributed by atoms with Crippen molar-refractivity contribution in [3.8, 4) is 5.75 Å². The van der Waals surface area contributed by atoms with Crippen molar-refractivity contribution in [2.24, 2.45) is 5.41 Å². The van der Waals surface area contributed by atoms with E-state index in [0.29, 0.717) is 16.5 Å². The van der Waals surface area contributed by atoms with Gasteiger partial charge in [-0.25, -0.2) is 0 Å². The van der Waals surface area contributed by atoms with Gasteiger partial charge in [0, 0.05) is 25.6 Å². The van der Waals surface area contributed by atoms with Crippen LogP contribution in [0.4, 0.5) is 0 Å². The average molecular weight is 356 g/mol. The number of hydrogen-bond acceptors (Lipinski definition) is 4. The lowest BCUT2D eigenvalue weighted by molar-refractivity contribution is -0.122. The van der Waals surface area contributed by atoms with Crippen LogP contribution >= 0.6 is 11.6 Å². The van der Waals surface area contributed by atoms with Gasteiger partial charge in [-0.05, 0) is 43.9 Å². The number of benzene rings is 1. The van der Waals surface area contributed by atoms with Crippen molar-refractivity contribution >= 4 is 18.1 Å². The molecule has 5 nitrogen and oxygen atoms in total. The minimum absolute atomic E-state index is 0.177. The molecule has 0 radical (unpaired) electrons. The van der Waals surface area contributed by atoms with Gasteiger partial charge in [-0.2, -0.15) is 0 Å². The Morgan fingerprint density at radius 1 is 1.42 bits per heavy atom. The van der Waals surface area contributed by atoms with E-state index in [0.717, 1.165) is 25.2 Å². The predicted molar refractivity (Wildman–Crippen MR) is 93.4 cm³/mol. The summed E-state index contributed by atoms with van der Waals surface area (Å²) in [6.45, 7) is 2.74. The molecule has 1 aliphatic heterocycles. The highest BCUT2D eigenvalue weighted by Gasteiger charge is 2.45. The molecule has 0 amide bonds. The molecule has 1 saturated carbocycles. The number of nitrogens with zero attached hydrogens (tertiary/aromatic N) is 1. The molecule has 1 saturated heterocycles. The maximum Gasteiger partial charge on any atom is 0.290 e. The molecule has 134 valence electrons. The summed E-state index contributed by atoms with van der Waals surface area (Å²) in [6, 6.07) is 5.51. The molecular weight excluding hydrogens is 330 g/mol. The number of ether oxygens (including phenoxy) is 1. The number of aromatic hydroxyl groups is 1. The van der Waals surface area contributed by atoms with Crippen molar-refractivity contribution < 1.29 is 19.7 Å². The first-order valence-electron chi connectivity index (χ1n) is 8.35. The first kappa shape index (κ1) is 19.0. The van der Waals surface area contributed by atoms with Gasteiger partial charge in [-0.3, -0.25) is 9.69 Å². The Hall–Kier alpha value is -1.30. The van der Waals surface area contributed by atoms with Crippen LogP contribution in [0.25, 0.3) is 0 Å². The molecule has 1 aromatic carbocycles. The lowest BCUT2D eigenvalue weighted by Crippen LogP contribution is -2.47. The minimum Gasteiger partial charge on any atom is -0.506 e. The van der Waals surface area contributed by atoms with Gasteiger partial charge in [0.05, 0.1) is 11.1 Å². The highest BCUT2D eigenvalue weighted by Crippen LogP contribution is 2.46. The standard InChI is InChI=1S/C17H24ClNO2.CH2O2/c1-21-15-7-3-8-17(15)9-4-10-19(12-17)11-13-5-2-6-14(20)16(13)18;2-1-3/h2,5-6,15,20H,3-4,7-12H2,1H3;1H,(H,2,3)/t15-,17+;/m1./s1. The van der Waals surface area contributed by atoms with Crippen molar-refractivity contribution in [3.05, 3.63) is 28.8 Å². The van der Waals surface area contributed by atoms with Crippen LogP contribution in [0, 0.1) is 5.41 Å². The topological polar surface area (TPSA) is 70.0 Å². The van der Waals surface area contributed by atoms with E-state index in [-0.39, 0.29) is 12.2 Å². The van der Waals surface area contributed by atoms with E-state index in [1.54, 1.807) is 6.07 Å². The Bertz CT molecular complexity index is 554. The van der Waals surface area contributed by atoms with Crippen molar-refractivity contribution in [1.82, 2.24) is 4.90 Å². The van der Waals surface area contributed by atoms with Crippen LogP contribution < -0.4 is 0 Å². The summed E-state index contributed by atoms with van der Waals surface area (Å²) in [4.78, 5) is 10.8. The van der Waals surface area contributed by atoms with E-state index in [4.69, 9.17) is 26.2 Å². The summed E-state index contributed by atoms with van der Waals surface area (Å²) >= 11 is 6.22. The van der Waals surface area contributed by atoms with E-state index >= 15 is 0 Å². The molecule has 0 bridgehead atoms. The highest BCUT2D eigenvalue weighted by atomic mass is 35.5. The summed E-state index contributed by atoms with van der Waals surface area (Å²) < 4.78 is 5.75. The number of phenolic OH excluding ortho intramolecular Hbond substituents is 1. The molecule has 3 rings (SSSR count). The van der Waals surface area contributed by atoms with Crippen LogP contribution in [0.3, 0.4) is 0 Å². The zero-order chi connectivity index (χ0) is 17.6. The second-order valence-electron chi connectivity index (χ2n) is 6.65. The maximum absolute atomic E-state index is 9.74. The van der Waals surface area contributed by atoms with Gasteiger partial charge in [0.15, 0.2) is 0 Å². The Labute approximate surface area is 148 Å². The highest BCUT2D eigenvalue weighted by molar-refractivity contribution is 6.32. The number of halogens is 1. The van der Waals surface area contributed by atoms with Crippen LogP contribution in [0.5, 0.6) is 5.75 Å². The van der Waals surface area contributed by atoms with Gasteiger partial charge in [0.1, 0.15) is 5.75 Å². The van der Waals surface area contributed by atoms with Crippen LogP contribution in [0.1, 0.15) is 37.7 Å². The monoisotopic (exact) mass is 355 g/mol. The number of carboxylic acid groups (broad SMARTS) is 1. The van der Waals surface area contributed by atoms with E-state index in [9.17, 15) is 5.11 Å². The largest absolute Gasteiger partial charge is 0.506 e. The zero-order valence-electron chi connectivity index (χ0n) is 14.1. The maximum atomic E-state index is 9.74. The smallest absolute Gasteiger partial charge is 0.290 e. The number of carbonyl (C=O) groups is 1. The normalized spacial score (nSPS) is 26.8. The molecule has 1 heterocycles. The molecule has 0 unspecified atom stereocenters. The Morgan fingerprint density at radius 2 is 2.12 bits per heavy atom. The first-order chi connectivity index (χ1) is 11.6. The van der Waals surface area contributed by atoms with Crippen LogP contribution in [0.2, 0.25) is 5.02 Å². The lowest BCUT2D eigenvalue weighted by atomic mass is 9.76. The van der Waals surface area contributed by atoms with Crippen LogP contribution in [-0.4, -0.2) is 47.9 Å². The molecule has 0 aromatic heterocycles. The second kappa shape index (κ2) is 8.70. The second-order valence-corrected chi connectivity index (χ2v) is 7.03. The fourth-order valence-corrected chi connectivity index (χ4v) is 4.45. The number of rotatable bonds is 3. The van der Waals surface area contributed by atoms with Crippen LogP contribution in [0.15, 0.2) is 18.2 Å². The molecule has 2 atom stereocenters. The number of hydrogen-bond donors (Lipinski definition) is 2. The number of piperidine rings is 1. The predicted octanol–water partition coefficient (Wildman–Crippen LogP) is 3.53. The van der Waals surface area contributed by atoms with Gasteiger partial charge < -0.3 is 14.9 Å². The van der Waals surface area contributed by atoms with Gasteiger partial charge in [-0.15, -0.1) is 0 Å². The molecule has 2 aliphatic rings. The third-order valence-corrected chi connectivity index (χ3v) is 5.68. The molecule has 1 aromatic rings.